The van der Waals surface area contributed by atoms with Gasteiger partial charge in [-0.1, -0.05) is 53.6 Å². The van der Waals surface area contributed by atoms with Crippen LogP contribution in [-0.2, 0) is 6.42 Å². The Kier molecular flexibility index (Phi) is 6.98. The van der Waals surface area contributed by atoms with Gasteiger partial charge in [-0.15, -0.1) is 0 Å². The van der Waals surface area contributed by atoms with Crippen LogP contribution in [0.2, 0.25) is 5.02 Å². The first-order valence-electron chi connectivity index (χ1n) is 11.1. The molecule has 8 heteroatoms. The number of benzene rings is 2. The van der Waals surface area contributed by atoms with Gasteiger partial charge in [0, 0.05) is 36.5 Å². The zero-order valence-corrected chi connectivity index (χ0v) is 20.4. The first-order valence-corrected chi connectivity index (χ1v) is 11.5. The molecule has 0 saturated heterocycles. The average Bonchev–Trinajstić information content (AvgIpc) is 2.84. The summed E-state index contributed by atoms with van der Waals surface area (Å²) in [5, 5.41) is 4.65. The Labute approximate surface area is 208 Å². The molecule has 2 aromatic carbocycles. The van der Waals surface area contributed by atoms with E-state index < -0.39 is 0 Å². The van der Waals surface area contributed by atoms with E-state index >= 15 is 0 Å². The molecule has 35 heavy (non-hydrogen) atoms. The van der Waals surface area contributed by atoms with Crippen molar-refractivity contribution in [3.05, 3.63) is 99.1 Å². The zero-order valence-electron chi connectivity index (χ0n) is 19.7. The summed E-state index contributed by atoms with van der Waals surface area (Å²) in [4.78, 5) is 30.6. The van der Waals surface area contributed by atoms with Gasteiger partial charge >= 0.3 is 0 Å². The van der Waals surface area contributed by atoms with Gasteiger partial charge in [0.2, 0.25) is 11.3 Å². The number of hydrogen-bond acceptors (Lipinski definition) is 6. The van der Waals surface area contributed by atoms with E-state index in [9.17, 15) is 9.59 Å². The fraction of sp³-hybridized carbons (Fsp3) is 0.185. The van der Waals surface area contributed by atoms with Crippen LogP contribution in [0.15, 0.2) is 71.8 Å². The van der Waals surface area contributed by atoms with Crippen molar-refractivity contribution in [3.63, 3.8) is 0 Å². The Morgan fingerprint density at radius 1 is 1.11 bits per heavy atom. The molecule has 7 nitrogen and oxygen atoms in total. The molecule has 0 unspecified atom stereocenters. The van der Waals surface area contributed by atoms with Crippen LogP contribution in [0.4, 0.5) is 5.69 Å². The van der Waals surface area contributed by atoms with Gasteiger partial charge in [-0.3, -0.25) is 14.3 Å². The largest absolute Gasteiger partial charge is 0.437 e. The summed E-state index contributed by atoms with van der Waals surface area (Å²) in [5.41, 5.74) is 8.62. The molecule has 0 bridgehead atoms. The van der Waals surface area contributed by atoms with E-state index in [1.54, 1.807) is 41.2 Å². The first kappa shape index (κ1) is 24.2. The molecule has 178 valence electrons. The van der Waals surface area contributed by atoms with Crippen molar-refractivity contribution in [1.29, 1.82) is 0 Å². The van der Waals surface area contributed by atoms with Crippen molar-refractivity contribution in [3.8, 4) is 22.8 Å². The second-order valence-electron chi connectivity index (χ2n) is 8.53. The number of carbonyl (C=O) groups is 1. The van der Waals surface area contributed by atoms with Crippen LogP contribution in [0.25, 0.3) is 11.1 Å². The number of nitrogens with two attached hydrogens (primary N) is 1. The third kappa shape index (κ3) is 5.41. The summed E-state index contributed by atoms with van der Waals surface area (Å²) >= 11 is 6.16. The number of aromatic nitrogens is 3. The summed E-state index contributed by atoms with van der Waals surface area (Å²) in [6.07, 6.45) is 3.20. The number of ketones is 1. The Bertz CT molecular complexity index is 1430. The molecule has 2 aromatic heterocycles. The van der Waals surface area contributed by atoms with E-state index in [2.05, 4.69) is 10.1 Å². The van der Waals surface area contributed by atoms with Crippen LogP contribution in [0.5, 0.6) is 11.6 Å². The Hall–Kier alpha value is -3.97. The monoisotopic (exact) mass is 488 g/mol. The Balaban J connectivity index is 1.59. The normalized spacial score (nSPS) is 11.0. The number of Topliss-reactive ketones (excluding diaryl/α,β-unsaturated/α-hetero) is 1. The van der Waals surface area contributed by atoms with Gasteiger partial charge < -0.3 is 10.5 Å². The minimum atomic E-state index is -0.389. The molecule has 4 rings (SSSR count). The van der Waals surface area contributed by atoms with Crippen LogP contribution < -0.4 is 15.9 Å². The number of anilines is 1. The first-order chi connectivity index (χ1) is 16.7. The zero-order chi connectivity index (χ0) is 25.1. The minimum Gasteiger partial charge on any atom is -0.437 e. The third-order valence-corrected chi connectivity index (χ3v) is 5.87. The van der Waals surface area contributed by atoms with E-state index in [-0.39, 0.29) is 29.4 Å². The van der Waals surface area contributed by atoms with Crippen LogP contribution in [-0.4, -0.2) is 20.5 Å². The number of pyridine rings is 1. The molecule has 0 aliphatic heterocycles. The van der Waals surface area contributed by atoms with Gasteiger partial charge in [0.15, 0.2) is 11.5 Å². The van der Waals surface area contributed by atoms with Gasteiger partial charge in [0.05, 0.1) is 5.69 Å². The summed E-state index contributed by atoms with van der Waals surface area (Å²) in [5.74, 6) is 0.303. The maximum Gasteiger partial charge on any atom is 0.219 e. The molecular weight excluding hydrogens is 464 g/mol. The topological polar surface area (TPSA) is 100 Å². The molecule has 0 saturated carbocycles. The summed E-state index contributed by atoms with van der Waals surface area (Å²) in [6.45, 7) is 5.87. The quantitative estimate of drug-likeness (QED) is 0.266. The molecule has 0 radical (unpaired) electrons. The lowest BCUT2D eigenvalue weighted by Gasteiger charge is -2.14. The molecule has 0 aliphatic rings. The highest BCUT2D eigenvalue weighted by Gasteiger charge is 2.19. The maximum atomic E-state index is 13.2. The van der Waals surface area contributed by atoms with Gasteiger partial charge in [-0.05, 0) is 44.0 Å². The highest BCUT2D eigenvalue weighted by molar-refractivity contribution is 6.34. The molecule has 0 fully saturated rings. The second-order valence-corrected chi connectivity index (χ2v) is 8.90. The smallest absolute Gasteiger partial charge is 0.219 e. The van der Waals surface area contributed by atoms with Crippen molar-refractivity contribution in [2.75, 3.05) is 5.73 Å². The average molecular weight is 489 g/mol. The summed E-state index contributed by atoms with van der Waals surface area (Å²) < 4.78 is 7.34. The number of nitrogens with zero attached hydrogens (tertiary/aromatic N) is 3. The van der Waals surface area contributed by atoms with E-state index in [1.165, 1.54) is 6.20 Å². The molecule has 4 aromatic rings. The lowest BCUT2D eigenvalue weighted by atomic mass is 10.0. The highest BCUT2D eigenvalue weighted by atomic mass is 35.5. The summed E-state index contributed by atoms with van der Waals surface area (Å²) in [7, 11) is 0. The summed E-state index contributed by atoms with van der Waals surface area (Å²) in [6, 6.07) is 16.0. The fourth-order valence-corrected chi connectivity index (χ4v) is 3.62. The van der Waals surface area contributed by atoms with Gasteiger partial charge in [0.1, 0.15) is 10.8 Å². The van der Waals surface area contributed by atoms with E-state index in [0.29, 0.717) is 33.5 Å². The number of hydrogen-bond donors (Lipinski definition) is 1. The second kappa shape index (κ2) is 10.1. The molecule has 0 spiro atoms. The van der Waals surface area contributed by atoms with E-state index in [4.69, 9.17) is 22.1 Å². The van der Waals surface area contributed by atoms with Crippen molar-refractivity contribution in [2.45, 2.75) is 33.2 Å². The van der Waals surface area contributed by atoms with Gasteiger partial charge in [-0.2, -0.15) is 5.10 Å². The van der Waals surface area contributed by atoms with Crippen LogP contribution in [0.3, 0.4) is 0 Å². The van der Waals surface area contributed by atoms with Gasteiger partial charge in [-0.25, -0.2) is 4.98 Å². The lowest BCUT2D eigenvalue weighted by Crippen LogP contribution is -2.25. The molecule has 2 heterocycles. The van der Waals surface area contributed by atoms with Crippen LogP contribution >= 0.6 is 11.6 Å². The van der Waals surface area contributed by atoms with Crippen molar-refractivity contribution < 1.29 is 9.53 Å². The van der Waals surface area contributed by atoms with Crippen molar-refractivity contribution in [1.82, 2.24) is 14.8 Å². The number of aryl methyl sites for hydroxylation is 1. The maximum absolute atomic E-state index is 13.2. The molecule has 0 amide bonds. The Morgan fingerprint density at radius 3 is 2.51 bits per heavy atom. The third-order valence-electron chi connectivity index (χ3n) is 5.46. The van der Waals surface area contributed by atoms with Crippen LogP contribution in [0.1, 0.15) is 41.5 Å². The van der Waals surface area contributed by atoms with Crippen LogP contribution in [0, 0.1) is 6.92 Å². The number of nitrogen functional groups attached to an aromatic ring is 1. The number of halogens is 1. The molecule has 0 aliphatic carbocycles. The van der Waals surface area contributed by atoms with E-state index in [1.807, 2.05) is 45.0 Å². The van der Waals surface area contributed by atoms with Gasteiger partial charge in [0.25, 0.3) is 0 Å². The highest BCUT2D eigenvalue weighted by Crippen LogP contribution is 2.32. The fourth-order valence-electron chi connectivity index (χ4n) is 3.46. The van der Waals surface area contributed by atoms with E-state index in [0.717, 1.165) is 11.1 Å². The standard InChI is InChI=1S/C27H25ClN4O3/c1-16(2)32-15-20(19-10-7-17(3)8-11-19)27(34)26(31-32)22(33)13-18-9-12-24(30-14-18)35-23-6-4-5-21(29)25(23)28/h4-12,14-16H,13,29H2,1-3H3. The number of carbonyl (C=O) groups excluding carboxylic acids is 1. The Morgan fingerprint density at radius 2 is 1.86 bits per heavy atom. The molecular formula is C27H25ClN4O3. The molecule has 0 atom stereocenters. The number of ether oxygens (including phenoxy) is 1. The SMILES string of the molecule is Cc1ccc(-c2cn(C(C)C)nc(C(=O)Cc3ccc(Oc4cccc(N)c4Cl)nc3)c2=O)cc1. The minimum absolute atomic E-state index is 0.0238. The predicted octanol–water partition coefficient (Wildman–Crippen LogP) is 5.65. The van der Waals surface area contributed by atoms with Crippen molar-refractivity contribution in [2.24, 2.45) is 0 Å². The molecule has 2 N–H and O–H groups in total. The van der Waals surface area contributed by atoms with Crippen molar-refractivity contribution >= 4 is 23.1 Å². The predicted molar refractivity (Wildman–Crippen MR) is 137 cm³/mol. The lowest BCUT2D eigenvalue weighted by molar-refractivity contribution is 0.0984. The number of rotatable bonds is 7.